The molecule has 3 nitrogen and oxygen atoms in total. The molecule has 108 valence electrons. The predicted molar refractivity (Wildman–Crippen MR) is 91.3 cm³/mol. The average molecular weight is 316 g/mol. The van der Waals surface area contributed by atoms with Gasteiger partial charge in [-0.15, -0.1) is 11.8 Å². The number of nitrogens with one attached hydrogen (secondary N) is 1. The van der Waals surface area contributed by atoms with Crippen LogP contribution in [0, 0.1) is 0 Å². The second-order valence-electron chi connectivity index (χ2n) is 4.44. The first-order valence-electron chi connectivity index (χ1n) is 6.48. The second-order valence-corrected chi connectivity index (χ2v) is 5.93. The van der Waals surface area contributed by atoms with Crippen molar-refractivity contribution in [3.05, 3.63) is 65.7 Å². The Hall–Kier alpha value is -1.85. The number of thioether (sulfide) groups is 1. The Morgan fingerprint density at radius 1 is 1.10 bits per heavy atom. The van der Waals surface area contributed by atoms with E-state index < -0.39 is 0 Å². The van der Waals surface area contributed by atoms with Crippen LogP contribution in [-0.2, 0) is 11.3 Å². The maximum absolute atomic E-state index is 11.8. The molecule has 5 heteroatoms. The summed E-state index contributed by atoms with van der Waals surface area (Å²) in [5, 5.41) is 2.89. The molecule has 0 saturated carbocycles. The van der Waals surface area contributed by atoms with Gasteiger partial charge in [-0.05, 0) is 17.7 Å². The third-order valence-corrected chi connectivity index (χ3v) is 4.09. The molecule has 0 saturated heterocycles. The molecule has 0 aliphatic heterocycles. The van der Waals surface area contributed by atoms with Gasteiger partial charge in [-0.1, -0.05) is 54.7 Å². The Balaban J connectivity index is 1.77. The number of amides is 1. The Bertz CT molecular complexity index is 612. The van der Waals surface area contributed by atoms with E-state index in [-0.39, 0.29) is 5.91 Å². The molecule has 0 radical (unpaired) electrons. The van der Waals surface area contributed by atoms with Crippen molar-refractivity contribution in [3.8, 4) is 0 Å². The maximum atomic E-state index is 11.8. The average Bonchev–Trinajstić information content (AvgIpc) is 2.52. The summed E-state index contributed by atoms with van der Waals surface area (Å²) in [6.07, 6.45) is 0. The molecule has 21 heavy (non-hydrogen) atoms. The van der Waals surface area contributed by atoms with Gasteiger partial charge in [0.1, 0.15) is 4.99 Å². The van der Waals surface area contributed by atoms with E-state index >= 15 is 0 Å². The summed E-state index contributed by atoms with van der Waals surface area (Å²) in [6, 6.07) is 17.4. The zero-order chi connectivity index (χ0) is 15.1. The van der Waals surface area contributed by atoms with Gasteiger partial charge in [-0.2, -0.15) is 0 Å². The van der Waals surface area contributed by atoms with Crippen LogP contribution in [0.15, 0.2) is 59.5 Å². The summed E-state index contributed by atoms with van der Waals surface area (Å²) in [5.41, 5.74) is 7.39. The minimum atomic E-state index is 0.0160. The highest BCUT2D eigenvalue weighted by molar-refractivity contribution is 8.00. The number of carbonyl (C=O) groups is 1. The van der Waals surface area contributed by atoms with Crippen LogP contribution in [0.4, 0.5) is 0 Å². The summed E-state index contributed by atoms with van der Waals surface area (Å²) in [5.74, 6) is 0.428. The first-order chi connectivity index (χ1) is 10.1. The molecule has 0 aliphatic rings. The first kappa shape index (κ1) is 15.5. The molecular formula is C16H16N2OS2. The number of carbonyl (C=O) groups excluding carboxylic acids is 1. The maximum Gasteiger partial charge on any atom is 0.230 e. The van der Waals surface area contributed by atoms with E-state index in [4.69, 9.17) is 18.0 Å². The summed E-state index contributed by atoms with van der Waals surface area (Å²) in [4.78, 5) is 13.3. The molecule has 0 aliphatic carbocycles. The molecule has 0 unspecified atom stereocenters. The molecule has 0 bridgehead atoms. The topological polar surface area (TPSA) is 55.1 Å². The van der Waals surface area contributed by atoms with Crippen molar-refractivity contribution in [3.63, 3.8) is 0 Å². The van der Waals surface area contributed by atoms with Gasteiger partial charge < -0.3 is 11.1 Å². The summed E-state index contributed by atoms with van der Waals surface area (Å²) in [7, 11) is 0. The molecule has 0 spiro atoms. The fourth-order valence-corrected chi connectivity index (χ4v) is 2.59. The van der Waals surface area contributed by atoms with Gasteiger partial charge in [0.2, 0.25) is 5.91 Å². The Morgan fingerprint density at radius 2 is 1.76 bits per heavy atom. The minimum absolute atomic E-state index is 0.0160. The third kappa shape index (κ3) is 5.21. The van der Waals surface area contributed by atoms with E-state index in [0.29, 0.717) is 17.3 Å². The van der Waals surface area contributed by atoms with Gasteiger partial charge in [-0.3, -0.25) is 4.79 Å². The fraction of sp³-hybridized carbons (Fsp3) is 0.125. The van der Waals surface area contributed by atoms with Gasteiger partial charge in [0.05, 0.1) is 5.75 Å². The SMILES string of the molecule is NC(=S)c1ccc(CNC(=O)CSc2ccccc2)cc1. The minimum Gasteiger partial charge on any atom is -0.389 e. The van der Waals surface area contributed by atoms with Gasteiger partial charge in [0.25, 0.3) is 0 Å². The third-order valence-electron chi connectivity index (χ3n) is 2.84. The Morgan fingerprint density at radius 3 is 2.38 bits per heavy atom. The summed E-state index contributed by atoms with van der Waals surface area (Å²) >= 11 is 6.42. The van der Waals surface area contributed by atoms with E-state index in [2.05, 4.69) is 5.32 Å². The van der Waals surface area contributed by atoms with Crippen LogP contribution in [0.1, 0.15) is 11.1 Å². The van der Waals surface area contributed by atoms with Crippen molar-refractivity contribution in [2.75, 3.05) is 5.75 Å². The van der Waals surface area contributed by atoms with E-state index in [1.165, 1.54) is 11.8 Å². The van der Waals surface area contributed by atoms with Crippen LogP contribution in [0.3, 0.4) is 0 Å². The number of hydrogen-bond donors (Lipinski definition) is 2. The van der Waals surface area contributed by atoms with Gasteiger partial charge >= 0.3 is 0 Å². The van der Waals surface area contributed by atoms with Crippen LogP contribution in [-0.4, -0.2) is 16.6 Å². The van der Waals surface area contributed by atoms with E-state index in [9.17, 15) is 4.79 Å². The van der Waals surface area contributed by atoms with E-state index in [1.807, 2.05) is 54.6 Å². The van der Waals surface area contributed by atoms with Gasteiger partial charge in [0, 0.05) is 17.0 Å². The largest absolute Gasteiger partial charge is 0.389 e. The highest BCUT2D eigenvalue weighted by Gasteiger charge is 2.03. The molecule has 1 amide bonds. The first-order valence-corrected chi connectivity index (χ1v) is 7.88. The van der Waals surface area contributed by atoms with Crippen molar-refractivity contribution < 1.29 is 4.79 Å². The lowest BCUT2D eigenvalue weighted by Crippen LogP contribution is -2.24. The van der Waals surface area contributed by atoms with Crippen molar-refractivity contribution >= 4 is 34.9 Å². The van der Waals surface area contributed by atoms with Crippen molar-refractivity contribution in [2.45, 2.75) is 11.4 Å². The van der Waals surface area contributed by atoms with Crippen LogP contribution in [0.25, 0.3) is 0 Å². The normalized spacial score (nSPS) is 10.1. The molecule has 0 fully saturated rings. The van der Waals surface area contributed by atoms with Crippen molar-refractivity contribution in [1.82, 2.24) is 5.32 Å². The smallest absolute Gasteiger partial charge is 0.230 e. The monoisotopic (exact) mass is 316 g/mol. The van der Waals surface area contributed by atoms with Gasteiger partial charge in [-0.25, -0.2) is 0 Å². The van der Waals surface area contributed by atoms with Crippen LogP contribution >= 0.6 is 24.0 Å². The molecule has 2 aromatic carbocycles. The number of rotatable bonds is 6. The number of hydrogen-bond acceptors (Lipinski definition) is 3. The summed E-state index contributed by atoms with van der Waals surface area (Å²) < 4.78 is 0. The number of benzene rings is 2. The lowest BCUT2D eigenvalue weighted by atomic mass is 10.1. The zero-order valence-corrected chi connectivity index (χ0v) is 13.0. The lowest BCUT2D eigenvalue weighted by molar-refractivity contribution is -0.118. The summed E-state index contributed by atoms with van der Waals surface area (Å²) in [6.45, 7) is 0.506. The molecule has 0 atom stereocenters. The number of nitrogens with two attached hydrogens (primary N) is 1. The molecule has 2 aromatic rings. The predicted octanol–water partition coefficient (Wildman–Crippen LogP) is 2.73. The molecule has 0 aromatic heterocycles. The van der Waals surface area contributed by atoms with E-state index in [1.54, 1.807) is 0 Å². The standard InChI is InChI=1S/C16H16N2OS2/c17-16(20)13-8-6-12(7-9-13)10-18-15(19)11-21-14-4-2-1-3-5-14/h1-9H,10-11H2,(H2,17,20)(H,18,19). The molecule has 2 rings (SSSR count). The van der Waals surface area contributed by atoms with Crippen LogP contribution in [0.2, 0.25) is 0 Å². The second kappa shape index (κ2) is 7.81. The fourth-order valence-electron chi connectivity index (χ4n) is 1.70. The Labute approximate surface area is 133 Å². The lowest BCUT2D eigenvalue weighted by Gasteiger charge is -2.06. The molecular weight excluding hydrogens is 300 g/mol. The quantitative estimate of drug-likeness (QED) is 0.635. The van der Waals surface area contributed by atoms with Gasteiger partial charge in [0.15, 0.2) is 0 Å². The molecule has 3 N–H and O–H groups in total. The Kier molecular flexibility index (Phi) is 5.78. The van der Waals surface area contributed by atoms with Crippen LogP contribution in [0.5, 0.6) is 0 Å². The zero-order valence-electron chi connectivity index (χ0n) is 11.4. The van der Waals surface area contributed by atoms with Crippen LogP contribution < -0.4 is 11.1 Å². The van der Waals surface area contributed by atoms with E-state index in [0.717, 1.165) is 16.0 Å². The highest BCUT2D eigenvalue weighted by atomic mass is 32.2. The highest BCUT2D eigenvalue weighted by Crippen LogP contribution is 2.16. The van der Waals surface area contributed by atoms with Crippen molar-refractivity contribution in [1.29, 1.82) is 0 Å². The number of thiocarbonyl (C=S) groups is 1. The van der Waals surface area contributed by atoms with Crippen molar-refractivity contribution in [2.24, 2.45) is 5.73 Å². The molecule has 0 heterocycles.